The summed E-state index contributed by atoms with van der Waals surface area (Å²) in [5, 5.41) is 9.34. The highest BCUT2D eigenvalue weighted by atomic mass is 35.5. The number of sulfonamides is 1. The number of hydrogen-bond donors (Lipinski definition) is 2. The predicted molar refractivity (Wildman–Crippen MR) is 108 cm³/mol. The molecule has 146 valence electrons. The lowest BCUT2D eigenvalue weighted by atomic mass is 10.1. The highest BCUT2D eigenvalue weighted by Gasteiger charge is 2.18. The molecule has 0 aliphatic heterocycles. The van der Waals surface area contributed by atoms with E-state index in [1.165, 1.54) is 18.3 Å². The van der Waals surface area contributed by atoms with Gasteiger partial charge in [-0.05, 0) is 36.8 Å². The molecule has 0 saturated heterocycles. The summed E-state index contributed by atoms with van der Waals surface area (Å²) in [4.78, 5) is 16.5. The number of nitrogens with zero attached hydrogens (tertiary/aromatic N) is 1. The van der Waals surface area contributed by atoms with Crippen LogP contribution < -0.4 is 15.2 Å². The van der Waals surface area contributed by atoms with Crippen LogP contribution in [0.15, 0.2) is 53.6 Å². The van der Waals surface area contributed by atoms with Crippen molar-refractivity contribution >= 4 is 44.0 Å². The molecule has 9 heteroatoms. The van der Waals surface area contributed by atoms with E-state index < -0.39 is 10.0 Å². The van der Waals surface area contributed by atoms with E-state index in [9.17, 15) is 13.2 Å². The number of nitrogens with one attached hydrogen (secondary N) is 1. The van der Waals surface area contributed by atoms with Crippen LogP contribution in [0.5, 0.6) is 5.88 Å². The summed E-state index contributed by atoms with van der Waals surface area (Å²) in [6.45, 7) is 2.14. The number of aromatic nitrogens is 1. The molecule has 0 radical (unpaired) electrons. The van der Waals surface area contributed by atoms with Crippen molar-refractivity contribution in [3.05, 3.63) is 59.2 Å². The lowest BCUT2D eigenvalue weighted by Gasteiger charge is -2.13. The average Bonchev–Trinajstić information content (AvgIpc) is 2.63. The van der Waals surface area contributed by atoms with Gasteiger partial charge in [-0.15, -0.1) is 0 Å². The van der Waals surface area contributed by atoms with E-state index in [2.05, 4.69) is 10.3 Å². The second kappa shape index (κ2) is 8.14. The minimum Gasteiger partial charge on any atom is -0.478 e. The van der Waals surface area contributed by atoms with Crippen molar-refractivity contribution in [3.63, 3.8) is 0 Å². The first-order chi connectivity index (χ1) is 13.3. The second-order valence-electron chi connectivity index (χ2n) is 5.98. The number of halogens is 1. The van der Waals surface area contributed by atoms with Gasteiger partial charge < -0.3 is 10.1 Å². The van der Waals surface area contributed by atoms with Gasteiger partial charge in [0.05, 0.1) is 17.9 Å². The molecule has 7 nitrogen and oxygen atoms in total. The molecule has 0 unspecified atom stereocenters. The topological polar surface area (TPSA) is 111 Å². The highest BCUT2D eigenvalue weighted by Crippen LogP contribution is 2.32. The van der Waals surface area contributed by atoms with Gasteiger partial charge in [0.25, 0.3) is 0 Å². The molecule has 0 bridgehead atoms. The Morgan fingerprint density at radius 2 is 1.96 bits per heavy atom. The zero-order valence-electron chi connectivity index (χ0n) is 15.0. The quantitative estimate of drug-likeness (QED) is 0.637. The van der Waals surface area contributed by atoms with Crippen molar-refractivity contribution < 1.29 is 17.9 Å². The number of benzene rings is 2. The summed E-state index contributed by atoms with van der Waals surface area (Å²) >= 11 is 6.09. The molecule has 28 heavy (non-hydrogen) atoms. The van der Waals surface area contributed by atoms with Gasteiger partial charge in [-0.1, -0.05) is 29.8 Å². The SMILES string of the molecule is CCOc1nccc2c(S(N)(=O)=O)cc(NC(=O)Cc3ccccc3Cl)cc12. The second-order valence-corrected chi connectivity index (χ2v) is 7.92. The molecule has 1 amide bonds. The number of anilines is 1. The van der Waals surface area contributed by atoms with Crippen LogP contribution in [-0.4, -0.2) is 25.9 Å². The first-order valence-corrected chi connectivity index (χ1v) is 10.3. The maximum Gasteiger partial charge on any atom is 0.238 e. The standard InChI is InChI=1S/C19H18ClN3O4S/c1-2-27-19-15-10-13(11-17(28(21,25)26)14(15)7-8-22-19)23-18(24)9-12-5-3-4-6-16(12)20/h3-8,10-11H,2,9H2,1H3,(H,23,24)(H2,21,25,26). The molecular weight excluding hydrogens is 402 g/mol. The number of amides is 1. The van der Waals surface area contributed by atoms with Gasteiger partial charge >= 0.3 is 0 Å². The summed E-state index contributed by atoms with van der Waals surface area (Å²) in [5.41, 5.74) is 0.924. The molecule has 0 saturated carbocycles. The Balaban J connectivity index is 2.02. The zero-order chi connectivity index (χ0) is 20.3. The van der Waals surface area contributed by atoms with Crippen molar-refractivity contribution in [2.24, 2.45) is 5.14 Å². The Morgan fingerprint density at radius 3 is 2.64 bits per heavy atom. The van der Waals surface area contributed by atoms with E-state index in [0.717, 1.165) is 0 Å². The van der Waals surface area contributed by atoms with Gasteiger partial charge in [0.15, 0.2) is 0 Å². The maximum atomic E-state index is 12.4. The van der Waals surface area contributed by atoms with Crippen LogP contribution in [0, 0.1) is 0 Å². The average molecular weight is 420 g/mol. The molecule has 0 aliphatic carbocycles. The van der Waals surface area contributed by atoms with Crippen LogP contribution >= 0.6 is 11.6 Å². The molecule has 3 rings (SSSR count). The number of primary sulfonamides is 1. The Morgan fingerprint density at radius 1 is 1.21 bits per heavy atom. The monoisotopic (exact) mass is 419 g/mol. The van der Waals surface area contributed by atoms with Crippen LogP contribution in [-0.2, 0) is 21.2 Å². The number of carbonyl (C=O) groups is 1. The number of ether oxygens (including phenoxy) is 1. The third-order valence-corrected chi connectivity index (χ3v) is 5.31. The van der Waals surface area contributed by atoms with Crippen LogP contribution in [0.1, 0.15) is 12.5 Å². The van der Waals surface area contributed by atoms with Gasteiger partial charge in [0, 0.05) is 27.7 Å². The van der Waals surface area contributed by atoms with Crippen molar-refractivity contribution in [1.29, 1.82) is 0 Å². The van der Waals surface area contributed by atoms with E-state index in [1.807, 2.05) is 0 Å². The van der Waals surface area contributed by atoms with Gasteiger partial charge in [-0.3, -0.25) is 4.79 Å². The third-order valence-electron chi connectivity index (χ3n) is 3.99. The molecule has 0 fully saturated rings. The van der Waals surface area contributed by atoms with Crippen LogP contribution in [0.3, 0.4) is 0 Å². The predicted octanol–water partition coefficient (Wildman–Crippen LogP) is 3.12. The number of hydrogen-bond acceptors (Lipinski definition) is 5. The van der Waals surface area contributed by atoms with Crippen LogP contribution in [0.25, 0.3) is 10.8 Å². The normalized spacial score (nSPS) is 11.4. The summed E-state index contributed by atoms with van der Waals surface area (Å²) < 4.78 is 29.6. The van der Waals surface area contributed by atoms with E-state index in [0.29, 0.717) is 28.0 Å². The number of carbonyl (C=O) groups excluding carboxylic acids is 1. The van der Waals surface area contributed by atoms with E-state index in [1.54, 1.807) is 37.3 Å². The van der Waals surface area contributed by atoms with Crippen molar-refractivity contribution in [2.75, 3.05) is 11.9 Å². The third kappa shape index (κ3) is 4.41. The molecule has 3 N–H and O–H groups in total. The number of fused-ring (bicyclic) bond motifs is 1. The van der Waals surface area contributed by atoms with E-state index in [4.69, 9.17) is 21.5 Å². The summed E-state index contributed by atoms with van der Waals surface area (Å²) in [5.74, 6) is -0.0956. The highest BCUT2D eigenvalue weighted by molar-refractivity contribution is 7.89. The Kier molecular flexibility index (Phi) is 5.83. The fraction of sp³-hybridized carbons (Fsp3) is 0.158. The largest absolute Gasteiger partial charge is 0.478 e. The molecule has 1 heterocycles. The molecule has 0 spiro atoms. The van der Waals surface area contributed by atoms with Gasteiger partial charge in [-0.25, -0.2) is 18.5 Å². The van der Waals surface area contributed by atoms with Gasteiger partial charge in [0.1, 0.15) is 0 Å². The zero-order valence-corrected chi connectivity index (χ0v) is 16.5. The molecule has 0 aliphatic rings. The molecule has 2 aromatic carbocycles. The van der Waals surface area contributed by atoms with Crippen molar-refractivity contribution in [1.82, 2.24) is 4.98 Å². The smallest absolute Gasteiger partial charge is 0.238 e. The molecule has 1 aromatic heterocycles. The van der Waals surface area contributed by atoms with Crippen molar-refractivity contribution in [3.8, 4) is 5.88 Å². The minimum absolute atomic E-state index is 0.0355. The Hall–Kier alpha value is -2.68. The first-order valence-electron chi connectivity index (χ1n) is 8.41. The Labute approximate surface area is 167 Å². The van der Waals surface area contributed by atoms with E-state index >= 15 is 0 Å². The fourth-order valence-electron chi connectivity index (χ4n) is 2.80. The fourth-order valence-corrected chi connectivity index (χ4v) is 3.78. The van der Waals surface area contributed by atoms with E-state index in [-0.39, 0.29) is 28.8 Å². The summed E-state index contributed by atoms with van der Waals surface area (Å²) in [7, 11) is -4.04. The molecule has 0 atom stereocenters. The lowest BCUT2D eigenvalue weighted by Crippen LogP contribution is -2.17. The Bertz CT molecular complexity index is 1150. The first kappa shape index (κ1) is 20.1. The molecule has 3 aromatic rings. The van der Waals surface area contributed by atoms with Gasteiger partial charge in [0.2, 0.25) is 21.8 Å². The van der Waals surface area contributed by atoms with Crippen LogP contribution in [0.4, 0.5) is 5.69 Å². The minimum atomic E-state index is -4.04. The lowest BCUT2D eigenvalue weighted by molar-refractivity contribution is -0.115. The van der Waals surface area contributed by atoms with Gasteiger partial charge in [-0.2, -0.15) is 0 Å². The number of nitrogens with two attached hydrogens (primary N) is 1. The van der Waals surface area contributed by atoms with Crippen LogP contribution in [0.2, 0.25) is 5.02 Å². The maximum absolute atomic E-state index is 12.4. The number of rotatable bonds is 6. The van der Waals surface area contributed by atoms with Crippen molar-refractivity contribution in [2.45, 2.75) is 18.2 Å². The molecular formula is C19H18ClN3O4S. The number of pyridine rings is 1. The summed E-state index contributed by atoms with van der Waals surface area (Å²) in [6.07, 6.45) is 1.48. The summed E-state index contributed by atoms with van der Waals surface area (Å²) in [6, 6.07) is 11.4.